The molecule has 0 aromatic heterocycles. The molecule has 0 saturated carbocycles. The summed E-state index contributed by atoms with van der Waals surface area (Å²) in [7, 11) is -4.75. The molecule has 0 aromatic rings. The molecule has 0 saturated heterocycles. The summed E-state index contributed by atoms with van der Waals surface area (Å²) in [5.41, 5.74) is 0. The second-order valence-electron chi connectivity index (χ2n) is 15.7. The van der Waals surface area contributed by atoms with Crippen molar-refractivity contribution in [3.05, 3.63) is 12.2 Å². The highest BCUT2D eigenvalue weighted by atomic mass is 31.2. The molecular formula is C45H87O8P. The third-order valence-corrected chi connectivity index (χ3v) is 10.8. The molecule has 0 aliphatic carbocycles. The van der Waals surface area contributed by atoms with Crippen molar-refractivity contribution in [3.63, 3.8) is 0 Å². The van der Waals surface area contributed by atoms with Crippen LogP contribution in [0.2, 0.25) is 0 Å². The maximum atomic E-state index is 12.4. The molecule has 0 spiro atoms. The lowest BCUT2D eigenvalue weighted by molar-refractivity contribution is -0.161. The highest BCUT2D eigenvalue weighted by Crippen LogP contribution is 2.36. The van der Waals surface area contributed by atoms with E-state index in [0.717, 1.165) is 44.9 Å². The summed E-state index contributed by atoms with van der Waals surface area (Å²) in [6.07, 6.45) is 46.7. The van der Waals surface area contributed by atoms with Gasteiger partial charge in [0.1, 0.15) is 6.61 Å². The number of allylic oxidation sites excluding steroid dienone is 2. The van der Waals surface area contributed by atoms with Gasteiger partial charge < -0.3 is 19.3 Å². The number of carbonyl (C=O) groups excluding carboxylic acids is 2. The number of carbonyl (C=O) groups is 2. The van der Waals surface area contributed by atoms with Gasteiger partial charge in [-0.25, -0.2) is 4.57 Å². The van der Waals surface area contributed by atoms with Crippen LogP contribution in [0, 0.1) is 0 Å². The zero-order valence-electron chi connectivity index (χ0n) is 35.4. The van der Waals surface area contributed by atoms with Crippen LogP contribution in [0.1, 0.15) is 245 Å². The number of unbranched alkanes of at least 4 members (excludes halogenated alkanes) is 31. The third-order valence-electron chi connectivity index (χ3n) is 10.3. The highest BCUT2D eigenvalue weighted by Gasteiger charge is 2.22. The van der Waals surface area contributed by atoms with Gasteiger partial charge in [0, 0.05) is 12.8 Å². The monoisotopic (exact) mass is 787 g/mol. The van der Waals surface area contributed by atoms with E-state index in [1.165, 1.54) is 167 Å². The van der Waals surface area contributed by atoms with E-state index in [1.54, 1.807) is 0 Å². The highest BCUT2D eigenvalue weighted by molar-refractivity contribution is 7.46. The summed E-state index contributed by atoms with van der Waals surface area (Å²) in [5, 5.41) is 0. The van der Waals surface area contributed by atoms with Gasteiger partial charge in [-0.15, -0.1) is 0 Å². The van der Waals surface area contributed by atoms with Crippen molar-refractivity contribution in [1.29, 1.82) is 0 Å². The zero-order valence-corrected chi connectivity index (χ0v) is 36.3. The first-order chi connectivity index (χ1) is 26.3. The Labute approximate surface area is 333 Å². The van der Waals surface area contributed by atoms with E-state index in [1.807, 2.05) is 0 Å². The van der Waals surface area contributed by atoms with Gasteiger partial charge in [0.05, 0.1) is 6.61 Å². The minimum absolute atomic E-state index is 0.196. The smallest absolute Gasteiger partial charge is 0.462 e. The number of hydrogen-bond donors (Lipinski definition) is 2. The lowest BCUT2D eigenvalue weighted by atomic mass is 10.0. The Kier molecular flexibility index (Phi) is 40.5. The molecule has 0 unspecified atom stereocenters. The van der Waals surface area contributed by atoms with Crippen molar-refractivity contribution < 1.29 is 37.9 Å². The van der Waals surface area contributed by atoms with Crippen molar-refractivity contribution in [3.8, 4) is 0 Å². The molecular weight excluding hydrogens is 699 g/mol. The first kappa shape index (κ1) is 52.8. The van der Waals surface area contributed by atoms with Crippen molar-refractivity contribution >= 4 is 19.8 Å². The summed E-state index contributed by atoms with van der Waals surface area (Å²) >= 11 is 0. The number of rotatable bonds is 43. The summed E-state index contributed by atoms with van der Waals surface area (Å²) in [6, 6.07) is 0. The van der Waals surface area contributed by atoms with Gasteiger partial charge in [0.15, 0.2) is 6.10 Å². The average Bonchev–Trinajstić information content (AvgIpc) is 3.14. The Morgan fingerprint density at radius 3 is 1.15 bits per heavy atom. The molecule has 9 heteroatoms. The number of ether oxygens (including phenoxy) is 2. The SMILES string of the molecule is CCCCCCCC/C=C/CCCCCC(=O)O[C@H](COC(=O)CCCCCCCCCCCCCCCCCCCCCCCCC)COP(=O)(O)O. The fraction of sp³-hybridized carbons (Fsp3) is 0.911. The molecule has 54 heavy (non-hydrogen) atoms. The molecule has 320 valence electrons. The second-order valence-corrected chi connectivity index (χ2v) is 17.0. The summed E-state index contributed by atoms with van der Waals surface area (Å²) in [6.45, 7) is 3.70. The molecule has 0 aliphatic heterocycles. The van der Waals surface area contributed by atoms with Gasteiger partial charge in [-0.3, -0.25) is 14.1 Å². The van der Waals surface area contributed by atoms with E-state index in [0.29, 0.717) is 6.42 Å². The Morgan fingerprint density at radius 2 is 0.778 bits per heavy atom. The number of esters is 2. The first-order valence-electron chi connectivity index (χ1n) is 23.0. The zero-order chi connectivity index (χ0) is 39.6. The quantitative estimate of drug-likeness (QED) is 0.0271. The van der Waals surface area contributed by atoms with Crippen molar-refractivity contribution in [2.45, 2.75) is 251 Å². The van der Waals surface area contributed by atoms with Crippen LogP contribution in [0.4, 0.5) is 0 Å². The number of phosphoric acid groups is 1. The Morgan fingerprint density at radius 1 is 0.463 bits per heavy atom. The van der Waals surface area contributed by atoms with E-state index in [9.17, 15) is 14.2 Å². The fourth-order valence-electron chi connectivity index (χ4n) is 6.84. The molecule has 0 rings (SSSR count). The average molecular weight is 787 g/mol. The Balaban J connectivity index is 3.78. The van der Waals surface area contributed by atoms with Crippen LogP contribution in [0.15, 0.2) is 12.2 Å². The normalized spacial score (nSPS) is 12.4. The predicted octanol–water partition coefficient (Wildman–Crippen LogP) is 14.2. The minimum Gasteiger partial charge on any atom is -0.462 e. The Hall–Kier alpha value is -1.21. The molecule has 2 N–H and O–H groups in total. The van der Waals surface area contributed by atoms with Crippen LogP contribution >= 0.6 is 7.82 Å². The van der Waals surface area contributed by atoms with Crippen LogP contribution in [-0.4, -0.2) is 41.0 Å². The lowest BCUT2D eigenvalue weighted by Gasteiger charge is -2.18. The molecule has 1 atom stereocenters. The molecule has 8 nitrogen and oxygen atoms in total. The Bertz CT molecular complexity index is 889. The van der Waals surface area contributed by atoms with E-state index in [2.05, 4.69) is 30.5 Å². The molecule has 0 radical (unpaired) electrons. The van der Waals surface area contributed by atoms with Crippen LogP contribution in [0.5, 0.6) is 0 Å². The third kappa shape index (κ3) is 43.5. The van der Waals surface area contributed by atoms with Gasteiger partial charge in [0.25, 0.3) is 0 Å². The molecule has 0 bridgehead atoms. The standard InChI is InChI=1S/C45H87O8P/c1-3-5-7-9-11-13-15-17-18-19-20-21-22-23-24-25-26-28-29-31-33-35-37-39-44(46)51-41-43(42-52-54(48,49)50)53-45(47)40-38-36-34-32-30-27-16-14-12-10-8-6-4-2/h27,30,43H,3-26,28-29,31-42H2,1-2H3,(H2,48,49,50)/b30-27+/t43-/m1/s1. The van der Waals surface area contributed by atoms with Crippen LogP contribution in [0.25, 0.3) is 0 Å². The number of hydrogen-bond acceptors (Lipinski definition) is 6. The first-order valence-corrected chi connectivity index (χ1v) is 24.5. The lowest BCUT2D eigenvalue weighted by Crippen LogP contribution is -2.29. The largest absolute Gasteiger partial charge is 0.469 e. The number of phosphoric ester groups is 1. The summed E-state index contributed by atoms with van der Waals surface area (Å²) < 4.78 is 26.4. The topological polar surface area (TPSA) is 119 Å². The molecule has 0 aromatic carbocycles. The van der Waals surface area contributed by atoms with E-state index < -0.39 is 32.5 Å². The second kappa shape index (κ2) is 41.4. The summed E-state index contributed by atoms with van der Waals surface area (Å²) in [5.74, 6) is -0.890. The van der Waals surface area contributed by atoms with Gasteiger partial charge in [-0.05, 0) is 38.5 Å². The molecule has 0 aliphatic rings. The van der Waals surface area contributed by atoms with Crippen molar-refractivity contribution in [2.75, 3.05) is 13.2 Å². The maximum Gasteiger partial charge on any atom is 0.469 e. The van der Waals surface area contributed by atoms with Gasteiger partial charge in [-0.2, -0.15) is 0 Å². The predicted molar refractivity (Wildman–Crippen MR) is 226 cm³/mol. The summed E-state index contributed by atoms with van der Waals surface area (Å²) in [4.78, 5) is 42.9. The maximum absolute atomic E-state index is 12.4. The van der Waals surface area contributed by atoms with E-state index in [-0.39, 0.29) is 19.4 Å². The van der Waals surface area contributed by atoms with E-state index in [4.69, 9.17) is 19.3 Å². The van der Waals surface area contributed by atoms with Crippen molar-refractivity contribution in [1.82, 2.24) is 0 Å². The molecule has 0 heterocycles. The van der Waals surface area contributed by atoms with Crippen molar-refractivity contribution in [2.24, 2.45) is 0 Å². The molecule has 0 amide bonds. The molecule has 0 fully saturated rings. The fourth-order valence-corrected chi connectivity index (χ4v) is 7.20. The van der Waals surface area contributed by atoms with E-state index >= 15 is 0 Å². The van der Waals surface area contributed by atoms with Crippen LogP contribution in [0.3, 0.4) is 0 Å². The van der Waals surface area contributed by atoms with Gasteiger partial charge in [0.2, 0.25) is 0 Å². The van der Waals surface area contributed by atoms with Gasteiger partial charge >= 0.3 is 19.8 Å². The van der Waals surface area contributed by atoms with Crippen LogP contribution in [-0.2, 0) is 28.2 Å². The van der Waals surface area contributed by atoms with Gasteiger partial charge in [-0.1, -0.05) is 206 Å². The van der Waals surface area contributed by atoms with Crippen LogP contribution < -0.4 is 0 Å². The minimum atomic E-state index is -4.75.